The highest BCUT2D eigenvalue weighted by Crippen LogP contribution is 2.28. The van der Waals surface area contributed by atoms with Crippen molar-refractivity contribution in [1.29, 1.82) is 0 Å². The van der Waals surface area contributed by atoms with E-state index >= 15 is 0 Å². The van der Waals surface area contributed by atoms with Crippen molar-refractivity contribution >= 4 is 5.84 Å². The summed E-state index contributed by atoms with van der Waals surface area (Å²) in [5.74, 6) is 1.94. The highest BCUT2D eigenvalue weighted by molar-refractivity contribution is 5.96. The number of hydrogen-bond acceptors (Lipinski definition) is 3. The van der Waals surface area contributed by atoms with Crippen LogP contribution in [0.25, 0.3) is 0 Å². The van der Waals surface area contributed by atoms with Crippen molar-refractivity contribution in [2.45, 2.75) is 26.8 Å². The number of hydrogen-bond donors (Lipinski definition) is 0. The maximum Gasteiger partial charge on any atom is 0.128 e. The number of allylic oxidation sites excluding steroid dienone is 2. The third-order valence-electron chi connectivity index (χ3n) is 3.31. The van der Waals surface area contributed by atoms with Gasteiger partial charge in [0.25, 0.3) is 0 Å². The lowest BCUT2D eigenvalue weighted by Crippen LogP contribution is -2.22. The Balaban J connectivity index is 0.000000704. The second-order valence-electron chi connectivity index (χ2n) is 4.64. The zero-order valence-corrected chi connectivity index (χ0v) is 12.6. The van der Waals surface area contributed by atoms with Crippen LogP contribution in [0.1, 0.15) is 32.4 Å². The lowest BCUT2D eigenvalue weighted by Gasteiger charge is -2.18. The molecule has 3 rings (SSSR count). The minimum absolute atomic E-state index is 0.220. The van der Waals surface area contributed by atoms with E-state index in [9.17, 15) is 0 Å². The number of nitrogens with zero attached hydrogens (tertiary/aromatic N) is 2. The minimum atomic E-state index is 0.220. The van der Waals surface area contributed by atoms with Gasteiger partial charge in [-0.3, -0.25) is 4.99 Å². The third kappa shape index (κ3) is 2.93. The predicted molar refractivity (Wildman–Crippen MR) is 84.1 cm³/mol. The van der Waals surface area contributed by atoms with Crippen LogP contribution >= 0.6 is 0 Å². The zero-order valence-electron chi connectivity index (χ0n) is 12.6. The summed E-state index contributed by atoms with van der Waals surface area (Å²) < 4.78 is 5.17. The summed E-state index contributed by atoms with van der Waals surface area (Å²) in [7, 11) is 1.68. The van der Waals surface area contributed by atoms with Crippen molar-refractivity contribution < 1.29 is 4.74 Å². The van der Waals surface area contributed by atoms with Crippen molar-refractivity contribution in [3.8, 4) is 5.75 Å². The molecule has 1 unspecified atom stereocenters. The Morgan fingerprint density at radius 3 is 2.50 bits per heavy atom. The molecule has 3 heteroatoms. The second-order valence-corrected chi connectivity index (χ2v) is 4.64. The molecular formula is C17H22N2O. The fourth-order valence-corrected chi connectivity index (χ4v) is 2.31. The molecule has 0 aromatic heterocycles. The Kier molecular flexibility index (Phi) is 4.61. The lowest BCUT2D eigenvalue weighted by atomic mass is 10.1. The SMILES string of the molecule is CC.COc1ccc(C2CN3C=C(C)C=CC3=N2)cc1. The van der Waals surface area contributed by atoms with E-state index in [2.05, 4.69) is 42.3 Å². The van der Waals surface area contributed by atoms with Gasteiger partial charge in [0.05, 0.1) is 19.7 Å². The quantitative estimate of drug-likeness (QED) is 0.813. The molecule has 0 radical (unpaired) electrons. The highest BCUT2D eigenvalue weighted by Gasteiger charge is 2.24. The van der Waals surface area contributed by atoms with Gasteiger partial charge in [-0.1, -0.05) is 32.1 Å². The summed E-state index contributed by atoms with van der Waals surface area (Å²) in [6.45, 7) is 7.03. The summed E-state index contributed by atoms with van der Waals surface area (Å²) in [6, 6.07) is 8.38. The van der Waals surface area contributed by atoms with Crippen LogP contribution in [0.15, 0.2) is 53.2 Å². The van der Waals surface area contributed by atoms with Crippen molar-refractivity contribution in [1.82, 2.24) is 4.90 Å². The topological polar surface area (TPSA) is 24.8 Å². The number of aliphatic imine (C=N–C) groups is 1. The molecule has 2 aliphatic heterocycles. The summed E-state index contributed by atoms with van der Waals surface area (Å²) in [5, 5.41) is 0. The van der Waals surface area contributed by atoms with E-state index in [0.29, 0.717) is 0 Å². The molecule has 20 heavy (non-hydrogen) atoms. The van der Waals surface area contributed by atoms with Crippen molar-refractivity contribution in [2.75, 3.05) is 13.7 Å². The molecule has 0 spiro atoms. The van der Waals surface area contributed by atoms with Gasteiger partial charge in [-0.2, -0.15) is 0 Å². The third-order valence-corrected chi connectivity index (χ3v) is 3.31. The summed E-state index contributed by atoms with van der Waals surface area (Å²) in [4.78, 5) is 6.95. The van der Waals surface area contributed by atoms with Crippen LogP contribution in [0.4, 0.5) is 0 Å². The first-order valence-electron chi connectivity index (χ1n) is 7.11. The van der Waals surface area contributed by atoms with Crippen molar-refractivity contribution in [3.63, 3.8) is 0 Å². The predicted octanol–water partition coefficient (Wildman–Crippen LogP) is 3.95. The van der Waals surface area contributed by atoms with E-state index in [0.717, 1.165) is 18.1 Å². The molecule has 0 aliphatic carbocycles. The van der Waals surface area contributed by atoms with Gasteiger partial charge >= 0.3 is 0 Å². The van der Waals surface area contributed by atoms with Gasteiger partial charge in [-0.15, -0.1) is 0 Å². The number of amidine groups is 1. The average Bonchev–Trinajstić information content (AvgIpc) is 2.92. The Bertz CT molecular complexity index is 541. The minimum Gasteiger partial charge on any atom is -0.497 e. The fraction of sp³-hybridized carbons (Fsp3) is 0.353. The van der Waals surface area contributed by atoms with Gasteiger partial charge < -0.3 is 9.64 Å². The maximum absolute atomic E-state index is 5.17. The van der Waals surface area contributed by atoms with Gasteiger partial charge in [0, 0.05) is 6.20 Å². The normalized spacial score (nSPS) is 19.6. The molecule has 0 saturated carbocycles. The molecular weight excluding hydrogens is 248 g/mol. The average molecular weight is 270 g/mol. The van der Waals surface area contributed by atoms with Crippen LogP contribution in [-0.2, 0) is 0 Å². The van der Waals surface area contributed by atoms with Gasteiger partial charge in [0.2, 0.25) is 0 Å². The van der Waals surface area contributed by atoms with E-state index in [4.69, 9.17) is 9.73 Å². The number of rotatable bonds is 2. The van der Waals surface area contributed by atoms with Gasteiger partial charge in [0.15, 0.2) is 0 Å². The molecule has 1 aromatic rings. The second kappa shape index (κ2) is 6.42. The van der Waals surface area contributed by atoms with Gasteiger partial charge in [-0.25, -0.2) is 0 Å². The standard InChI is InChI=1S/C15H16N2O.C2H6/c1-11-3-8-15-16-14(10-17(15)9-11)12-4-6-13(18-2)7-5-12;1-2/h3-9,14H,10H2,1-2H3;1-2H3. The Morgan fingerprint density at radius 1 is 1.15 bits per heavy atom. The Labute approximate surface area is 121 Å². The van der Waals surface area contributed by atoms with E-state index in [-0.39, 0.29) is 6.04 Å². The number of ether oxygens (including phenoxy) is 1. The molecule has 1 aromatic carbocycles. The van der Waals surface area contributed by atoms with Gasteiger partial charge in [0.1, 0.15) is 11.6 Å². The smallest absolute Gasteiger partial charge is 0.128 e. The van der Waals surface area contributed by atoms with Crippen LogP contribution in [-0.4, -0.2) is 24.4 Å². The highest BCUT2D eigenvalue weighted by atomic mass is 16.5. The van der Waals surface area contributed by atoms with E-state index in [1.54, 1.807) is 7.11 Å². The first-order valence-corrected chi connectivity index (χ1v) is 7.11. The summed E-state index contributed by atoms with van der Waals surface area (Å²) in [5.41, 5.74) is 2.50. The molecule has 106 valence electrons. The molecule has 0 saturated heterocycles. The van der Waals surface area contributed by atoms with Crippen LogP contribution in [0.3, 0.4) is 0 Å². The van der Waals surface area contributed by atoms with Crippen molar-refractivity contribution in [3.05, 3.63) is 53.8 Å². The Morgan fingerprint density at radius 2 is 1.85 bits per heavy atom. The molecule has 0 amide bonds. The maximum atomic E-state index is 5.17. The van der Waals surface area contributed by atoms with Crippen molar-refractivity contribution in [2.24, 2.45) is 4.99 Å². The lowest BCUT2D eigenvalue weighted by molar-refractivity contribution is 0.414. The molecule has 2 aliphatic rings. The van der Waals surface area contributed by atoms with E-state index in [1.165, 1.54) is 11.1 Å². The number of benzene rings is 1. The van der Waals surface area contributed by atoms with E-state index in [1.807, 2.05) is 26.0 Å². The summed E-state index contributed by atoms with van der Waals surface area (Å²) >= 11 is 0. The number of fused-ring (bicyclic) bond motifs is 1. The molecule has 0 N–H and O–H groups in total. The largest absolute Gasteiger partial charge is 0.497 e. The molecule has 3 nitrogen and oxygen atoms in total. The molecule has 2 heterocycles. The van der Waals surface area contributed by atoms with Gasteiger partial charge in [-0.05, 0) is 36.3 Å². The number of methoxy groups -OCH3 is 1. The van der Waals surface area contributed by atoms with Crippen LogP contribution in [0, 0.1) is 0 Å². The van der Waals surface area contributed by atoms with Crippen LogP contribution < -0.4 is 4.74 Å². The molecule has 0 bridgehead atoms. The first kappa shape index (κ1) is 14.4. The Hall–Kier alpha value is -2.03. The van der Waals surface area contributed by atoms with Crippen LogP contribution in [0.2, 0.25) is 0 Å². The van der Waals surface area contributed by atoms with Crippen LogP contribution in [0.5, 0.6) is 5.75 Å². The first-order chi connectivity index (χ1) is 9.76. The van der Waals surface area contributed by atoms with E-state index < -0.39 is 0 Å². The zero-order chi connectivity index (χ0) is 14.5. The molecule has 0 fully saturated rings. The summed E-state index contributed by atoms with van der Waals surface area (Å²) in [6.07, 6.45) is 6.34. The fourth-order valence-electron chi connectivity index (χ4n) is 2.31. The molecule has 1 atom stereocenters. The monoisotopic (exact) mass is 270 g/mol.